The highest BCUT2D eigenvalue weighted by atomic mass is 35.5. The average Bonchev–Trinajstić information content (AvgIpc) is 2.69. The van der Waals surface area contributed by atoms with Crippen LogP contribution >= 0.6 is 11.6 Å². The standard InChI is InChI=1S/C19H20ClFN4O3/c20-15-8-14(4-5-16(15)21)28-11-18(26)24-13-3-6-17(23-9-13)25-7-1-2-12(10-25)19(22)27/h3-6,8-9,12H,1-2,7,10-11H2,(H2,22,27)(H,24,26). The number of rotatable bonds is 6. The third-order valence-corrected chi connectivity index (χ3v) is 4.73. The van der Waals surface area contributed by atoms with E-state index in [-0.39, 0.29) is 29.4 Å². The SMILES string of the molecule is NC(=O)C1CCCN(c2ccc(NC(=O)COc3ccc(F)c(Cl)c3)cn2)C1. The van der Waals surface area contributed by atoms with Crippen LogP contribution < -0.4 is 20.7 Å². The van der Waals surface area contributed by atoms with Gasteiger partial charge in [0.25, 0.3) is 5.91 Å². The van der Waals surface area contributed by atoms with Gasteiger partial charge >= 0.3 is 0 Å². The third-order valence-electron chi connectivity index (χ3n) is 4.44. The van der Waals surface area contributed by atoms with Crippen molar-refractivity contribution in [3.05, 3.63) is 47.4 Å². The number of nitrogens with one attached hydrogen (secondary N) is 1. The number of hydrogen-bond acceptors (Lipinski definition) is 5. The Morgan fingerprint density at radius 3 is 2.86 bits per heavy atom. The number of benzene rings is 1. The molecule has 1 saturated heterocycles. The van der Waals surface area contributed by atoms with Crippen molar-refractivity contribution >= 4 is 34.9 Å². The van der Waals surface area contributed by atoms with E-state index in [4.69, 9.17) is 22.1 Å². The van der Waals surface area contributed by atoms with Gasteiger partial charge in [-0.3, -0.25) is 9.59 Å². The van der Waals surface area contributed by atoms with E-state index >= 15 is 0 Å². The Hall–Kier alpha value is -2.87. The van der Waals surface area contributed by atoms with Crippen molar-refractivity contribution < 1.29 is 18.7 Å². The van der Waals surface area contributed by atoms with Gasteiger partial charge in [0.15, 0.2) is 6.61 Å². The predicted molar refractivity (Wildman–Crippen MR) is 104 cm³/mol. The summed E-state index contributed by atoms with van der Waals surface area (Å²) in [5, 5.41) is 2.59. The molecule has 148 valence electrons. The Bertz CT molecular complexity index is 863. The van der Waals surface area contributed by atoms with Crippen LogP contribution in [0.25, 0.3) is 0 Å². The summed E-state index contributed by atoms with van der Waals surface area (Å²) in [6.45, 7) is 1.09. The number of halogens is 2. The van der Waals surface area contributed by atoms with E-state index in [2.05, 4.69) is 10.3 Å². The lowest BCUT2D eigenvalue weighted by molar-refractivity contribution is -0.122. The number of aromatic nitrogens is 1. The van der Waals surface area contributed by atoms with Gasteiger partial charge in [-0.25, -0.2) is 9.37 Å². The van der Waals surface area contributed by atoms with Crippen molar-refractivity contribution in [1.82, 2.24) is 4.98 Å². The average molecular weight is 407 g/mol. The number of amides is 2. The number of primary amides is 1. The van der Waals surface area contributed by atoms with Crippen molar-refractivity contribution in [3.8, 4) is 5.75 Å². The fourth-order valence-electron chi connectivity index (χ4n) is 2.98. The molecule has 1 aromatic heterocycles. The van der Waals surface area contributed by atoms with Gasteiger partial charge in [0, 0.05) is 19.2 Å². The summed E-state index contributed by atoms with van der Waals surface area (Å²) in [7, 11) is 0. The lowest BCUT2D eigenvalue weighted by Crippen LogP contribution is -2.41. The number of nitrogens with zero attached hydrogens (tertiary/aromatic N) is 2. The Morgan fingerprint density at radius 2 is 2.18 bits per heavy atom. The molecular weight excluding hydrogens is 387 g/mol. The van der Waals surface area contributed by atoms with Gasteiger partial charge < -0.3 is 20.7 Å². The molecule has 0 saturated carbocycles. The number of ether oxygens (including phenoxy) is 1. The van der Waals surface area contributed by atoms with Gasteiger partial charge in [-0.05, 0) is 37.1 Å². The second kappa shape index (κ2) is 8.88. The molecule has 1 aliphatic rings. The van der Waals surface area contributed by atoms with Gasteiger partial charge in [-0.1, -0.05) is 11.6 Å². The number of pyridine rings is 1. The van der Waals surface area contributed by atoms with E-state index in [1.807, 2.05) is 4.90 Å². The number of carbonyl (C=O) groups is 2. The van der Waals surface area contributed by atoms with Crippen molar-refractivity contribution in [3.63, 3.8) is 0 Å². The maximum absolute atomic E-state index is 13.1. The molecule has 3 N–H and O–H groups in total. The number of hydrogen-bond donors (Lipinski definition) is 2. The second-order valence-corrected chi connectivity index (χ2v) is 6.91. The summed E-state index contributed by atoms with van der Waals surface area (Å²) in [6.07, 6.45) is 3.20. The van der Waals surface area contributed by atoms with Crippen LogP contribution in [-0.4, -0.2) is 36.5 Å². The van der Waals surface area contributed by atoms with Crippen LogP contribution in [0.15, 0.2) is 36.5 Å². The smallest absolute Gasteiger partial charge is 0.262 e. The molecule has 2 heterocycles. The Morgan fingerprint density at radius 1 is 1.36 bits per heavy atom. The first-order chi connectivity index (χ1) is 13.4. The summed E-state index contributed by atoms with van der Waals surface area (Å²) < 4.78 is 18.4. The fourth-order valence-corrected chi connectivity index (χ4v) is 3.15. The van der Waals surface area contributed by atoms with E-state index in [0.29, 0.717) is 18.0 Å². The minimum atomic E-state index is -0.555. The second-order valence-electron chi connectivity index (χ2n) is 6.51. The van der Waals surface area contributed by atoms with Crippen LogP contribution in [0.4, 0.5) is 15.9 Å². The number of carbonyl (C=O) groups excluding carboxylic acids is 2. The summed E-state index contributed by atoms with van der Waals surface area (Å²) in [6, 6.07) is 7.37. The van der Waals surface area contributed by atoms with Crippen LogP contribution in [0, 0.1) is 11.7 Å². The summed E-state index contributed by atoms with van der Waals surface area (Å²) in [5.41, 5.74) is 5.91. The van der Waals surface area contributed by atoms with Gasteiger partial charge in [-0.15, -0.1) is 0 Å². The lowest BCUT2D eigenvalue weighted by Gasteiger charge is -2.32. The van der Waals surface area contributed by atoms with E-state index in [9.17, 15) is 14.0 Å². The molecule has 7 nitrogen and oxygen atoms in total. The molecule has 0 bridgehead atoms. The lowest BCUT2D eigenvalue weighted by atomic mass is 9.97. The van der Waals surface area contributed by atoms with Crippen LogP contribution in [-0.2, 0) is 9.59 Å². The largest absolute Gasteiger partial charge is 0.484 e. The highest BCUT2D eigenvalue weighted by Gasteiger charge is 2.24. The number of nitrogens with two attached hydrogens (primary N) is 1. The molecule has 1 atom stereocenters. The Balaban J connectivity index is 1.52. The van der Waals surface area contributed by atoms with E-state index in [0.717, 1.165) is 25.2 Å². The Labute approximate surface area is 166 Å². The van der Waals surface area contributed by atoms with Crippen molar-refractivity contribution in [1.29, 1.82) is 0 Å². The molecule has 28 heavy (non-hydrogen) atoms. The van der Waals surface area contributed by atoms with E-state index in [1.165, 1.54) is 24.4 Å². The van der Waals surface area contributed by atoms with Gasteiger partial charge in [0.2, 0.25) is 5.91 Å². The van der Waals surface area contributed by atoms with Crippen molar-refractivity contribution in [2.75, 3.05) is 29.9 Å². The highest BCUT2D eigenvalue weighted by Crippen LogP contribution is 2.23. The van der Waals surface area contributed by atoms with Crippen LogP contribution in [0.1, 0.15) is 12.8 Å². The van der Waals surface area contributed by atoms with E-state index < -0.39 is 5.82 Å². The number of piperidine rings is 1. The summed E-state index contributed by atoms with van der Waals surface area (Å²) in [4.78, 5) is 29.8. The zero-order chi connectivity index (χ0) is 20.1. The Kier molecular flexibility index (Phi) is 6.30. The highest BCUT2D eigenvalue weighted by molar-refractivity contribution is 6.30. The first-order valence-electron chi connectivity index (χ1n) is 8.80. The van der Waals surface area contributed by atoms with Gasteiger partial charge in [0.1, 0.15) is 17.4 Å². The predicted octanol–water partition coefficient (Wildman–Crippen LogP) is 2.59. The molecule has 2 aromatic rings. The van der Waals surface area contributed by atoms with Crippen molar-refractivity contribution in [2.45, 2.75) is 12.8 Å². The summed E-state index contributed by atoms with van der Waals surface area (Å²) >= 11 is 5.67. The van der Waals surface area contributed by atoms with Crippen LogP contribution in [0.3, 0.4) is 0 Å². The third kappa shape index (κ3) is 5.10. The normalized spacial score (nSPS) is 16.5. The first kappa shape index (κ1) is 19.9. The van der Waals surface area contributed by atoms with Gasteiger partial charge in [-0.2, -0.15) is 0 Å². The monoisotopic (exact) mass is 406 g/mol. The first-order valence-corrected chi connectivity index (χ1v) is 9.18. The minimum absolute atomic E-state index is 0.0750. The van der Waals surface area contributed by atoms with Crippen molar-refractivity contribution in [2.24, 2.45) is 11.7 Å². The molecule has 0 radical (unpaired) electrons. The van der Waals surface area contributed by atoms with Crippen LogP contribution in [0.2, 0.25) is 5.02 Å². The molecular formula is C19H20ClFN4O3. The quantitative estimate of drug-likeness (QED) is 0.768. The maximum Gasteiger partial charge on any atom is 0.262 e. The molecule has 9 heteroatoms. The molecule has 1 unspecified atom stereocenters. The molecule has 1 fully saturated rings. The molecule has 3 rings (SSSR count). The fraction of sp³-hybridized carbons (Fsp3) is 0.316. The molecule has 2 amide bonds. The summed E-state index contributed by atoms with van der Waals surface area (Å²) in [5.74, 6) is -0.393. The maximum atomic E-state index is 13.1. The zero-order valence-electron chi connectivity index (χ0n) is 15.0. The molecule has 1 aliphatic heterocycles. The van der Waals surface area contributed by atoms with Gasteiger partial charge in [0.05, 0.1) is 22.8 Å². The zero-order valence-corrected chi connectivity index (χ0v) is 15.8. The van der Waals surface area contributed by atoms with Crippen LogP contribution in [0.5, 0.6) is 5.75 Å². The molecule has 0 spiro atoms. The minimum Gasteiger partial charge on any atom is -0.484 e. The topological polar surface area (TPSA) is 97.6 Å². The molecule has 0 aliphatic carbocycles. The number of anilines is 2. The van der Waals surface area contributed by atoms with E-state index in [1.54, 1.807) is 12.1 Å². The molecule has 1 aromatic carbocycles.